The van der Waals surface area contributed by atoms with E-state index < -0.39 is 0 Å². The molecule has 1 unspecified atom stereocenters. The SMILES string of the molecule is COC(=O)CC1CCCCN1CCc1ccccn1. The van der Waals surface area contributed by atoms with Gasteiger partial charge in [-0.25, -0.2) is 0 Å². The summed E-state index contributed by atoms with van der Waals surface area (Å²) < 4.78 is 4.79. The van der Waals surface area contributed by atoms with Gasteiger partial charge in [0.1, 0.15) is 0 Å². The molecule has 0 bridgehead atoms. The predicted octanol–water partition coefficient (Wildman–Crippen LogP) is 2.04. The maximum atomic E-state index is 11.4. The number of hydrogen-bond acceptors (Lipinski definition) is 4. The fourth-order valence-corrected chi connectivity index (χ4v) is 2.67. The number of methoxy groups -OCH3 is 1. The molecule has 4 heteroatoms. The molecule has 0 N–H and O–H groups in total. The fourth-order valence-electron chi connectivity index (χ4n) is 2.67. The van der Waals surface area contributed by atoms with Crippen LogP contribution in [0.15, 0.2) is 24.4 Å². The molecule has 0 aliphatic carbocycles. The first kappa shape index (κ1) is 14.0. The molecule has 0 radical (unpaired) electrons. The van der Waals surface area contributed by atoms with E-state index in [1.54, 1.807) is 0 Å². The Morgan fingerprint density at radius 1 is 1.47 bits per heavy atom. The van der Waals surface area contributed by atoms with Crippen LogP contribution in [0.2, 0.25) is 0 Å². The number of esters is 1. The first-order valence-electron chi connectivity index (χ1n) is 7.00. The average molecular weight is 262 g/mol. The zero-order valence-corrected chi connectivity index (χ0v) is 11.5. The van der Waals surface area contributed by atoms with Crippen molar-refractivity contribution < 1.29 is 9.53 Å². The van der Waals surface area contributed by atoms with Crippen molar-refractivity contribution in [2.45, 2.75) is 38.1 Å². The average Bonchev–Trinajstić information content (AvgIpc) is 2.47. The van der Waals surface area contributed by atoms with Crippen molar-refractivity contribution in [2.75, 3.05) is 20.2 Å². The Morgan fingerprint density at radius 3 is 3.11 bits per heavy atom. The monoisotopic (exact) mass is 262 g/mol. The number of piperidine rings is 1. The molecule has 2 rings (SSSR count). The van der Waals surface area contributed by atoms with Crippen LogP contribution in [-0.2, 0) is 16.0 Å². The highest BCUT2D eigenvalue weighted by molar-refractivity contribution is 5.69. The second-order valence-electron chi connectivity index (χ2n) is 5.04. The maximum absolute atomic E-state index is 11.4. The summed E-state index contributed by atoms with van der Waals surface area (Å²) in [7, 11) is 1.46. The van der Waals surface area contributed by atoms with Crippen molar-refractivity contribution in [2.24, 2.45) is 0 Å². The summed E-state index contributed by atoms with van der Waals surface area (Å²) >= 11 is 0. The minimum absolute atomic E-state index is 0.102. The number of pyridine rings is 1. The minimum Gasteiger partial charge on any atom is -0.469 e. The molecule has 1 saturated heterocycles. The molecule has 1 aromatic heterocycles. The number of nitrogens with zero attached hydrogens (tertiary/aromatic N) is 2. The number of aromatic nitrogens is 1. The van der Waals surface area contributed by atoms with E-state index in [-0.39, 0.29) is 5.97 Å². The van der Waals surface area contributed by atoms with E-state index >= 15 is 0 Å². The molecule has 1 atom stereocenters. The second kappa shape index (κ2) is 7.24. The third-order valence-corrected chi connectivity index (χ3v) is 3.76. The second-order valence-corrected chi connectivity index (χ2v) is 5.04. The van der Waals surface area contributed by atoms with Gasteiger partial charge in [0.2, 0.25) is 0 Å². The fraction of sp³-hybridized carbons (Fsp3) is 0.600. The molecular weight excluding hydrogens is 240 g/mol. The predicted molar refractivity (Wildman–Crippen MR) is 73.8 cm³/mol. The van der Waals surface area contributed by atoms with E-state index in [9.17, 15) is 4.79 Å². The van der Waals surface area contributed by atoms with E-state index in [1.807, 2.05) is 18.3 Å². The summed E-state index contributed by atoms with van der Waals surface area (Å²) in [6.45, 7) is 2.05. The Bertz CT molecular complexity index is 394. The van der Waals surface area contributed by atoms with Crippen LogP contribution in [0.1, 0.15) is 31.4 Å². The lowest BCUT2D eigenvalue weighted by Gasteiger charge is -2.35. The lowest BCUT2D eigenvalue weighted by atomic mass is 9.99. The van der Waals surface area contributed by atoms with Gasteiger partial charge in [0, 0.05) is 30.9 Å². The lowest BCUT2D eigenvalue weighted by Crippen LogP contribution is -2.42. The Kier molecular flexibility index (Phi) is 5.33. The highest BCUT2D eigenvalue weighted by atomic mass is 16.5. The summed E-state index contributed by atoms with van der Waals surface area (Å²) in [5.41, 5.74) is 1.12. The van der Waals surface area contributed by atoms with Gasteiger partial charge in [-0.3, -0.25) is 14.7 Å². The van der Waals surface area contributed by atoms with E-state index in [4.69, 9.17) is 4.74 Å². The third-order valence-electron chi connectivity index (χ3n) is 3.76. The van der Waals surface area contributed by atoms with Gasteiger partial charge in [0.15, 0.2) is 0 Å². The van der Waals surface area contributed by atoms with E-state index in [0.29, 0.717) is 12.5 Å². The highest BCUT2D eigenvalue weighted by Crippen LogP contribution is 2.20. The molecule has 0 aromatic carbocycles. The zero-order valence-electron chi connectivity index (χ0n) is 11.5. The molecule has 4 nitrogen and oxygen atoms in total. The van der Waals surface area contributed by atoms with Crippen molar-refractivity contribution in [3.05, 3.63) is 30.1 Å². The van der Waals surface area contributed by atoms with Crippen LogP contribution in [0.5, 0.6) is 0 Å². The first-order valence-corrected chi connectivity index (χ1v) is 7.00. The van der Waals surface area contributed by atoms with E-state index in [2.05, 4.69) is 16.0 Å². The molecule has 0 spiro atoms. The van der Waals surface area contributed by atoms with E-state index in [1.165, 1.54) is 20.0 Å². The number of ether oxygens (including phenoxy) is 1. The first-order chi connectivity index (χ1) is 9.29. The lowest BCUT2D eigenvalue weighted by molar-refractivity contribution is -0.142. The number of carbonyl (C=O) groups is 1. The van der Waals surface area contributed by atoms with Crippen LogP contribution >= 0.6 is 0 Å². The zero-order chi connectivity index (χ0) is 13.5. The Hall–Kier alpha value is -1.42. The third kappa shape index (κ3) is 4.31. The standard InChI is InChI=1S/C15H22N2O2/c1-19-15(18)12-14-7-3-5-10-17(14)11-8-13-6-2-4-9-16-13/h2,4,6,9,14H,3,5,7-8,10-12H2,1H3. The quantitative estimate of drug-likeness (QED) is 0.762. The van der Waals surface area contributed by atoms with Crippen LogP contribution in [0.25, 0.3) is 0 Å². The van der Waals surface area contributed by atoms with Crippen molar-refractivity contribution in [3.8, 4) is 0 Å². The van der Waals surface area contributed by atoms with Gasteiger partial charge >= 0.3 is 5.97 Å². The van der Waals surface area contributed by atoms with Gasteiger partial charge in [-0.15, -0.1) is 0 Å². The summed E-state index contributed by atoms with van der Waals surface area (Å²) in [5.74, 6) is -0.102. The molecule has 1 aliphatic rings. The molecule has 2 heterocycles. The van der Waals surface area contributed by atoms with Crippen LogP contribution in [0, 0.1) is 0 Å². The number of rotatable bonds is 5. The molecule has 0 amide bonds. The number of hydrogen-bond donors (Lipinski definition) is 0. The van der Waals surface area contributed by atoms with Crippen molar-refractivity contribution >= 4 is 5.97 Å². The molecule has 1 aromatic rings. The van der Waals surface area contributed by atoms with Gasteiger partial charge < -0.3 is 4.74 Å². The molecule has 19 heavy (non-hydrogen) atoms. The molecule has 1 fully saturated rings. The van der Waals surface area contributed by atoms with Gasteiger partial charge in [-0.05, 0) is 31.5 Å². The van der Waals surface area contributed by atoms with Crippen molar-refractivity contribution in [3.63, 3.8) is 0 Å². The molecule has 1 aliphatic heterocycles. The maximum Gasteiger partial charge on any atom is 0.307 e. The van der Waals surface area contributed by atoms with Gasteiger partial charge in [-0.1, -0.05) is 12.5 Å². The normalized spacial score (nSPS) is 20.2. The Balaban J connectivity index is 1.87. The molecule has 104 valence electrons. The van der Waals surface area contributed by atoms with Crippen LogP contribution < -0.4 is 0 Å². The van der Waals surface area contributed by atoms with Gasteiger partial charge in [0.05, 0.1) is 13.5 Å². The van der Waals surface area contributed by atoms with E-state index in [0.717, 1.165) is 31.6 Å². The highest BCUT2D eigenvalue weighted by Gasteiger charge is 2.24. The summed E-state index contributed by atoms with van der Waals surface area (Å²) in [5, 5.41) is 0. The number of carbonyl (C=O) groups excluding carboxylic acids is 1. The summed E-state index contributed by atoms with van der Waals surface area (Å²) in [4.78, 5) is 18.2. The van der Waals surface area contributed by atoms with Crippen molar-refractivity contribution in [1.82, 2.24) is 9.88 Å². The van der Waals surface area contributed by atoms with Gasteiger partial charge in [0.25, 0.3) is 0 Å². The topological polar surface area (TPSA) is 42.4 Å². The van der Waals surface area contributed by atoms with Gasteiger partial charge in [-0.2, -0.15) is 0 Å². The van der Waals surface area contributed by atoms with Crippen LogP contribution in [-0.4, -0.2) is 42.1 Å². The van der Waals surface area contributed by atoms with Crippen LogP contribution in [0.4, 0.5) is 0 Å². The van der Waals surface area contributed by atoms with Crippen LogP contribution in [0.3, 0.4) is 0 Å². The molecular formula is C15H22N2O2. The number of likely N-dealkylation sites (tertiary alicyclic amines) is 1. The summed E-state index contributed by atoms with van der Waals surface area (Å²) in [6, 6.07) is 6.35. The minimum atomic E-state index is -0.102. The largest absolute Gasteiger partial charge is 0.469 e. The smallest absolute Gasteiger partial charge is 0.307 e. The van der Waals surface area contributed by atoms with Crippen molar-refractivity contribution in [1.29, 1.82) is 0 Å². The Morgan fingerprint density at radius 2 is 2.37 bits per heavy atom. The molecule has 0 saturated carbocycles. The summed E-state index contributed by atoms with van der Waals surface area (Å²) in [6.07, 6.45) is 6.81. The Labute approximate surface area is 114 Å².